The molecule has 4 nitrogen and oxygen atoms in total. The van der Waals surface area contributed by atoms with Crippen molar-refractivity contribution in [3.63, 3.8) is 0 Å². The zero-order chi connectivity index (χ0) is 14.5. The van der Waals surface area contributed by atoms with Crippen molar-refractivity contribution in [1.82, 2.24) is 0 Å². The van der Waals surface area contributed by atoms with Crippen LogP contribution in [-0.2, 0) is 0 Å². The molecule has 0 radical (unpaired) electrons. The van der Waals surface area contributed by atoms with Gasteiger partial charge in [0, 0.05) is 16.8 Å². The second-order valence-corrected chi connectivity index (χ2v) is 4.61. The third kappa shape index (κ3) is 3.09. The van der Waals surface area contributed by atoms with E-state index in [0.717, 1.165) is 17.7 Å². The summed E-state index contributed by atoms with van der Waals surface area (Å²) in [5.74, 6) is -0.162. The molecule has 1 amide bonds. The number of carbonyl (C=O) groups is 1. The smallest absolute Gasteiger partial charge is 0.248 e. The zero-order valence-electron chi connectivity index (χ0n) is 11.3. The molecule has 4 N–H and O–H groups in total. The molecule has 2 rings (SSSR count). The van der Waals surface area contributed by atoms with Gasteiger partial charge in [-0.15, -0.1) is 0 Å². The van der Waals surface area contributed by atoms with Gasteiger partial charge in [0.2, 0.25) is 5.91 Å². The third-order valence-electron chi connectivity index (χ3n) is 3.23. The molecule has 1 unspecified atom stereocenters. The average Bonchev–Trinajstić information content (AvgIpc) is 2.46. The van der Waals surface area contributed by atoms with Gasteiger partial charge in [0.1, 0.15) is 5.75 Å². The van der Waals surface area contributed by atoms with E-state index in [1.165, 1.54) is 0 Å². The Balaban J connectivity index is 2.18. The molecule has 0 aromatic heterocycles. The first-order valence-corrected chi connectivity index (χ1v) is 6.56. The number of hydrogen-bond acceptors (Lipinski definition) is 3. The van der Waals surface area contributed by atoms with E-state index in [2.05, 4.69) is 5.32 Å². The van der Waals surface area contributed by atoms with Crippen molar-refractivity contribution in [1.29, 1.82) is 0 Å². The van der Waals surface area contributed by atoms with Gasteiger partial charge in [-0.05, 0) is 36.8 Å². The topological polar surface area (TPSA) is 75.3 Å². The third-order valence-corrected chi connectivity index (χ3v) is 3.23. The van der Waals surface area contributed by atoms with E-state index in [-0.39, 0.29) is 11.8 Å². The van der Waals surface area contributed by atoms with Crippen molar-refractivity contribution in [3.8, 4) is 5.75 Å². The van der Waals surface area contributed by atoms with E-state index >= 15 is 0 Å². The summed E-state index contributed by atoms with van der Waals surface area (Å²) in [6, 6.07) is 14.3. The van der Waals surface area contributed by atoms with Crippen molar-refractivity contribution >= 4 is 11.6 Å². The molecule has 0 aliphatic carbocycles. The van der Waals surface area contributed by atoms with E-state index in [9.17, 15) is 9.90 Å². The van der Waals surface area contributed by atoms with Crippen LogP contribution in [0.15, 0.2) is 48.5 Å². The highest BCUT2D eigenvalue weighted by atomic mass is 16.3. The second kappa shape index (κ2) is 6.10. The highest BCUT2D eigenvalue weighted by Gasteiger charge is 2.12. The van der Waals surface area contributed by atoms with Crippen LogP contribution in [0.4, 0.5) is 5.69 Å². The van der Waals surface area contributed by atoms with Gasteiger partial charge in [0.15, 0.2) is 0 Å². The maximum atomic E-state index is 11.0. The molecule has 2 aromatic carbocycles. The number of hydrogen-bond donors (Lipinski definition) is 3. The molecule has 20 heavy (non-hydrogen) atoms. The highest BCUT2D eigenvalue weighted by molar-refractivity contribution is 5.93. The Morgan fingerprint density at radius 2 is 1.85 bits per heavy atom. The second-order valence-electron chi connectivity index (χ2n) is 4.61. The molecule has 0 heterocycles. The minimum atomic E-state index is -0.440. The van der Waals surface area contributed by atoms with Gasteiger partial charge in [0.05, 0.1) is 6.04 Å². The van der Waals surface area contributed by atoms with Crippen LogP contribution < -0.4 is 11.1 Å². The van der Waals surface area contributed by atoms with E-state index < -0.39 is 5.91 Å². The number of rotatable bonds is 5. The number of phenolic OH excluding ortho intramolecular Hbond substituents is 1. The molecule has 0 bridgehead atoms. The van der Waals surface area contributed by atoms with Crippen molar-refractivity contribution in [2.75, 3.05) is 5.32 Å². The van der Waals surface area contributed by atoms with Crippen LogP contribution in [0.3, 0.4) is 0 Å². The average molecular weight is 270 g/mol. The number of anilines is 1. The zero-order valence-corrected chi connectivity index (χ0v) is 11.3. The Kier molecular flexibility index (Phi) is 4.25. The molecule has 0 saturated carbocycles. The summed E-state index contributed by atoms with van der Waals surface area (Å²) in [5, 5.41) is 13.2. The summed E-state index contributed by atoms with van der Waals surface area (Å²) in [6.45, 7) is 2.04. The maximum Gasteiger partial charge on any atom is 0.248 e. The Morgan fingerprint density at radius 1 is 1.20 bits per heavy atom. The maximum absolute atomic E-state index is 11.0. The summed E-state index contributed by atoms with van der Waals surface area (Å²) in [7, 11) is 0. The summed E-state index contributed by atoms with van der Waals surface area (Å²) >= 11 is 0. The number of phenols is 1. The number of benzene rings is 2. The minimum absolute atomic E-state index is 0.00984. The largest absolute Gasteiger partial charge is 0.508 e. The fraction of sp³-hybridized carbons (Fsp3) is 0.188. The van der Waals surface area contributed by atoms with E-state index in [1.54, 1.807) is 24.3 Å². The first-order valence-electron chi connectivity index (χ1n) is 6.56. The van der Waals surface area contributed by atoms with Crippen LogP contribution in [0.5, 0.6) is 5.75 Å². The summed E-state index contributed by atoms with van der Waals surface area (Å²) in [6.07, 6.45) is 0.829. The predicted octanol–water partition coefficient (Wildman–Crippen LogP) is 3.05. The van der Waals surface area contributed by atoms with E-state index in [1.807, 2.05) is 31.2 Å². The quantitative estimate of drug-likeness (QED) is 0.781. The van der Waals surface area contributed by atoms with Crippen LogP contribution in [0.1, 0.15) is 35.3 Å². The summed E-state index contributed by atoms with van der Waals surface area (Å²) in [5.41, 5.74) is 7.42. The Labute approximate surface area is 118 Å². The Morgan fingerprint density at radius 3 is 2.40 bits per heavy atom. The molecular weight excluding hydrogens is 252 g/mol. The Hall–Kier alpha value is -2.49. The molecule has 0 fully saturated rings. The van der Waals surface area contributed by atoms with Crippen LogP contribution >= 0.6 is 0 Å². The van der Waals surface area contributed by atoms with Crippen LogP contribution in [0.2, 0.25) is 0 Å². The molecular formula is C16H18N2O2. The van der Waals surface area contributed by atoms with Crippen LogP contribution in [0, 0.1) is 0 Å². The van der Waals surface area contributed by atoms with Crippen LogP contribution in [-0.4, -0.2) is 11.0 Å². The molecule has 4 heteroatoms. The summed E-state index contributed by atoms with van der Waals surface area (Å²) in [4.78, 5) is 11.0. The van der Waals surface area contributed by atoms with Crippen molar-refractivity contribution in [2.45, 2.75) is 19.4 Å². The van der Waals surface area contributed by atoms with Crippen molar-refractivity contribution in [2.24, 2.45) is 5.73 Å². The lowest BCUT2D eigenvalue weighted by atomic mass is 10.0. The number of nitrogens with two attached hydrogens (primary N) is 1. The summed E-state index contributed by atoms with van der Waals surface area (Å²) < 4.78 is 0. The lowest BCUT2D eigenvalue weighted by molar-refractivity contribution is 0.100. The van der Waals surface area contributed by atoms with E-state index in [0.29, 0.717) is 5.56 Å². The van der Waals surface area contributed by atoms with Gasteiger partial charge in [-0.1, -0.05) is 25.1 Å². The van der Waals surface area contributed by atoms with Crippen LogP contribution in [0.25, 0.3) is 0 Å². The van der Waals surface area contributed by atoms with Gasteiger partial charge in [-0.2, -0.15) is 0 Å². The van der Waals surface area contributed by atoms with Gasteiger partial charge in [-0.25, -0.2) is 0 Å². The lowest BCUT2D eigenvalue weighted by Gasteiger charge is -2.19. The number of amides is 1. The minimum Gasteiger partial charge on any atom is -0.508 e. The number of aromatic hydroxyl groups is 1. The molecule has 0 saturated heterocycles. The van der Waals surface area contributed by atoms with Gasteiger partial charge in [-0.3, -0.25) is 4.79 Å². The normalized spacial score (nSPS) is 11.8. The standard InChI is InChI=1S/C16H18N2O2/c1-2-14(13-5-3-4-6-15(13)19)18-12-9-7-11(8-10-12)16(17)20/h3-10,14,18-19H,2H2,1H3,(H2,17,20). The molecule has 2 aromatic rings. The van der Waals surface area contributed by atoms with Gasteiger partial charge in [0.25, 0.3) is 0 Å². The fourth-order valence-electron chi connectivity index (χ4n) is 2.11. The number of primary amides is 1. The molecule has 104 valence electrons. The highest BCUT2D eigenvalue weighted by Crippen LogP contribution is 2.29. The van der Waals surface area contributed by atoms with Crippen molar-refractivity contribution in [3.05, 3.63) is 59.7 Å². The van der Waals surface area contributed by atoms with E-state index in [4.69, 9.17) is 5.73 Å². The molecule has 0 aliphatic heterocycles. The Bertz CT molecular complexity index is 594. The first-order chi connectivity index (χ1) is 9.61. The van der Waals surface area contributed by atoms with Crippen molar-refractivity contribution < 1.29 is 9.90 Å². The monoisotopic (exact) mass is 270 g/mol. The number of nitrogens with one attached hydrogen (secondary N) is 1. The van der Waals surface area contributed by atoms with Gasteiger partial charge >= 0.3 is 0 Å². The van der Waals surface area contributed by atoms with Gasteiger partial charge < -0.3 is 16.2 Å². The fourth-order valence-corrected chi connectivity index (χ4v) is 2.11. The first kappa shape index (κ1) is 13.9. The predicted molar refractivity (Wildman–Crippen MR) is 79.7 cm³/mol. The number of para-hydroxylation sites is 1. The molecule has 0 spiro atoms. The molecule has 0 aliphatic rings. The lowest BCUT2D eigenvalue weighted by Crippen LogP contribution is -2.12. The number of carbonyl (C=O) groups excluding carboxylic acids is 1. The SMILES string of the molecule is CCC(Nc1ccc(C(N)=O)cc1)c1ccccc1O. The molecule has 1 atom stereocenters.